The summed E-state index contributed by atoms with van der Waals surface area (Å²) in [5.41, 5.74) is 32.5. The molecule has 0 saturated heterocycles. The van der Waals surface area contributed by atoms with Gasteiger partial charge in [0, 0.05) is 77.9 Å². The summed E-state index contributed by atoms with van der Waals surface area (Å²) >= 11 is 0. The van der Waals surface area contributed by atoms with Crippen LogP contribution in [0.2, 0.25) is 0 Å². The summed E-state index contributed by atoms with van der Waals surface area (Å²) in [6, 6.07) is 119. The van der Waals surface area contributed by atoms with Crippen LogP contribution in [-0.2, 0) is 16.2 Å². The monoisotopic (exact) mass is 1300 g/mol. The van der Waals surface area contributed by atoms with Crippen LogP contribution in [0.5, 0.6) is 0 Å². The Kier molecular flexibility index (Phi) is 14.3. The Hall–Kier alpha value is -11.7. The fraction of sp³-hybridized carbons (Fsp3) is 0.125. The second-order valence-corrected chi connectivity index (χ2v) is 30.9. The summed E-state index contributed by atoms with van der Waals surface area (Å²) in [4.78, 5) is 5.41. The van der Waals surface area contributed by atoms with Crippen molar-refractivity contribution in [3.63, 3.8) is 0 Å². The first-order valence-corrected chi connectivity index (χ1v) is 35.8. The number of rotatable bonds is 9. The first-order chi connectivity index (χ1) is 49.0. The Bertz CT molecular complexity index is 5800. The third kappa shape index (κ3) is 10.1. The number of nitrogens with zero attached hydrogens (tertiary/aromatic N) is 4. The second-order valence-electron chi connectivity index (χ2n) is 30.9. The zero-order chi connectivity index (χ0) is 68.6. The molecule has 0 fully saturated rings. The van der Waals surface area contributed by atoms with Crippen molar-refractivity contribution in [2.75, 3.05) is 9.80 Å². The van der Waals surface area contributed by atoms with Gasteiger partial charge in [0.2, 0.25) is 0 Å². The number of fused-ring (bicyclic) bond motifs is 11. The number of hydrogen-bond donors (Lipinski definition) is 0. The summed E-state index contributed by atoms with van der Waals surface area (Å²) in [7, 11) is 0. The fourth-order valence-electron chi connectivity index (χ4n) is 16.5. The van der Waals surface area contributed by atoms with Crippen LogP contribution < -0.4 is 26.2 Å². The molecule has 2 aliphatic rings. The van der Waals surface area contributed by atoms with E-state index in [2.05, 4.69) is 397 Å². The van der Waals surface area contributed by atoms with Crippen molar-refractivity contribution in [1.29, 1.82) is 0 Å². The summed E-state index contributed by atoms with van der Waals surface area (Å²) in [6.07, 6.45) is 0. The third-order valence-electron chi connectivity index (χ3n) is 21.5. The van der Waals surface area contributed by atoms with Gasteiger partial charge < -0.3 is 18.9 Å². The van der Waals surface area contributed by atoms with Crippen LogP contribution in [0, 0.1) is 0 Å². The van der Waals surface area contributed by atoms with E-state index >= 15 is 0 Å². The molecule has 0 atom stereocenters. The summed E-state index contributed by atoms with van der Waals surface area (Å²) < 4.78 is 5.09. The molecule has 486 valence electrons. The Labute approximate surface area is 593 Å². The first kappa shape index (κ1) is 61.7. The van der Waals surface area contributed by atoms with Crippen LogP contribution in [-0.4, -0.2) is 15.8 Å². The highest BCUT2D eigenvalue weighted by molar-refractivity contribution is 7.00. The lowest BCUT2D eigenvalue weighted by Gasteiger charge is -2.46. The van der Waals surface area contributed by atoms with Gasteiger partial charge in [-0.3, -0.25) is 0 Å². The molecule has 18 rings (SSSR count). The van der Waals surface area contributed by atoms with Crippen LogP contribution in [0.3, 0.4) is 0 Å². The van der Waals surface area contributed by atoms with E-state index in [9.17, 15) is 0 Å². The molecule has 101 heavy (non-hydrogen) atoms. The van der Waals surface area contributed by atoms with Crippen molar-refractivity contribution >= 4 is 101 Å². The maximum Gasteiger partial charge on any atom is 0.252 e. The van der Waals surface area contributed by atoms with Gasteiger partial charge in [-0.1, -0.05) is 323 Å². The molecule has 16 aromatic rings. The van der Waals surface area contributed by atoms with Crippen molar-refractivity contribution in [3.05, 3.63) is 332 Å². The molecule has 2 aliphatic heterocycles. The predicted octanol–water partition coefficient (Wildman–Crippen LogP) is 24.2. The maximum absolute atomic E-state index is 2.72. The summed E-state index contributed by atoms with van der Waals surface area (Å²) in [5.74, 6) is 0. The SMILES string of the molecule is CC(C)(C)c1cc(-c2ccc3c(c2)B2c4ccc(-n5c6ccccc6c6ccc7c8ccccc8n(-c8ccccc8)c7c65)cc4N(c4c(-c5ccccc5)cccc4-c4ccccc4)c4cc(C(C)(C)C)cc(c42)N3c2c(-c3ccccc3)cccc2-c2ccccc2)cc(C(C)(C)C)c1. The lowest BCUT2D eigenvalue weighted by atomic mass is 9.33. The Balaban J connectivity index is 1.02. The van der Waals surface area contributed by atoms with Crippen LogP contribution in [0.1, 0.15) is 79.0 Å². The zero-order valence-electron chi connectivity index (χ0n) is 58.9. The molecule has 14 aromatic carbocycles. The largest absolute Gasteiger partial charge is 0.310 e. The molecular weight excluding hydrogens is 1220 g/mol. The minimum absolute atomic E-state index is 0.0903. The van der Waals surface area contributed by atoms with E-state index in [4.69, 9.17) is 0 Å². The van der Waals surface area contributed by atoms with Crippen LogP contribution in [0.25, 0.3) is 111 Å². The lowest BCUT2D eigenvalue weighted by molar-refractivity contribution is 0.569. The summed E-state index contributed by atoms with van der Waals surface area (Å²) in [5, 5.41) is 4.85. The molecule has 0 unspecified atom stereocenters. The molecule has 0 N–H and O–H groups in total. The van der Waals surface area contributed by atoms with Gasteiger partial charge in [0.05, 0.1) is 33.4 Å². The highest BCUT2D eigenvalue weighted by atomic mass is 15.2. The average molecular weight is 1300 g/mol. The highest BCUT2D eigenvalue weighted by Crippen LogP contribution is 2.55. The molecule has 0 radical (unpaired) electrons. The third-order valence-corrected chi connectivity index (χ3v) is 21.5. The van der Waals surface area contributed by atoms with E-state index in [0.717, 1.165) is 89.8 Å². The van der Waals surface area contributed by atoms with Crippen molar-refractivity contribution < 1.29 is 0 Å². The van der Waals surface area contributed by atoms with Gasteiger partial charge >= 0.3 is 0 Å². The lowest BCUT2D eigenvalue weighted by Crippen LogP contribution is -2.61. The van der Waals surface area contributed by atoms with Gasteiger partial charge in [-0.2, -0.15) is 0 Å². The van der Waals surface area contributed by atoms with Gasteiger partial charge in [-0.25, -0.2) is 0 Å². The predicted molar refractivity (Wildman–Crippen MR) is 432 cm³/mol. The topological polar surface area (TPSA) is 16.3 Å². The summed E-state index contributed by atoms with van der Waals surface area (Å²) in [6.45, 7) is 21.0. The molecule has 5 heteroatoms. The molecule has 0 amide bonds. The van der Waals surface area contributed by atoms with E-state index in [1.807, 2.05) is 0 Å². The number of benzene rings is 14. The van der Waals surface area contributed by atoms with E-state index in [1.165, 1.54) is 88.0 Å². The van der Waals surface area contributed by atoms with E-state index in [0.29, 0.717) is 0 Å². The van der Waals surface area contributed by atoms with Crippen LogP contribution in [0.15, 0.2) is 315 Å². The van der Waals surface area contributed by atoms with Crippen molar-refractivity contribution in [2.45, 2.75) is 78.6 Å². The van der Waals surface area contributed by atoms with E-state index < -0.39 is 0 Å². The normalized spacial score (nSPS) is 12.9. The van der Waals surface area contributed by atoms with Crippen molar-refractivity contribution in [1.82, 2.24) is 9.13 Å². The smallest absolute Gasteiger partial charge is 0.252 e. The standard InChI is InChI=1S/C96H79BN4/c1-94(2,3)68-55-67(56-69(58-68)95(4,5)6)66-49-54-85-82(57-66)97-81-53-50-72(99-84-48-28-26-42-78(84)80-52-51-79-77-41-25-27-47-83(77)98(92(79)93(80)99)71-39-23-14-24-40-71)61-86(81)101(91-75(64-35-19-12-20-36-64)45-30-46-76(91)65-37-21-13-22-38-65)88-60-70(96(7,8)9)59-87(89(88)97)100(85)90-73(62-31-15-10-16-32-62)43-29-44-74(90)63-33-17-11-18-34-63/h10-61H,1-9H3. The Morgan fingerprint density at radius 2 is 0.644 bits per heavy atom. The molecule has 2 aromatic heterocycles. The van der Waals surface area contributed by atoms with Gasteiger partial charge in [-0.05, 0) is 137 Å². The minimum atomic E-state index is -0.304. The van der Waals surface area contributed by atoms with Gasteiger partial charge in [0.25, 0.3) is 6.71 Å². The van der Waals surface area contributed by atoms with Gasteiger partial charge in [0.15, 0.2) is 0 Å². The fourth-order valence-corrected chi connectivity index (χ4v) is 16.5. The van der Waals surface area contributed by atoms with E-state index in [-0.39, 0.29) is 23.0 Å². The molecule has 0 bridgehead atoms. The van der Waals surface area contributed by atoms with Crippen molar-refractivity contribution in [3.8, 4) is 67.0 Å². The van der Waals surface area contributed by atoms with Gasteiger partial charge in [-0.15, -0.1) is 0 Å². The quantitative estimate of drug-likeness (QED) is 0.134. The molecule has 0 saturated carbocycles. The number of anilines is 6. The molecule has 0 spiro atoms. The number of para-hydroxylation sites is 5. The zero-order valence-corrected chi connectivity index (χ0v) is 58.9. The highest BCUT2D eigenvalue weighted by Gasteiger charge is 2.46. The van der Waals surface area contributed by atoms with Crippen LogP contribution >= 0.6 is 0 Å². The minimum Gasteiger partial charge on any atom is -0.310 e. The average Bonchev–Trinajstić information content (AvgIpc) is 1.61. The van der Waals surface area contributed by atoms with Crippen molar-refractivity contribution in [2.24, 2.45) is 0 Å². The number of hydrogen-bond acceptors (Lipinski definition) is 2. The molecule has 4 heterocycles. The van der Waals surface area contributed by atoms with Crippen LogP contribution in [0.4, 0.5) is 34.1 Å². The maximum atomic E-state index is 2.72. The molecule has 4 nitrogen and oxygen atoms in total. The molecular formula is C96H79BN4. The van der Waals surface area contributed by atoms with E-state index in [1.54, 1.807) is 0 Å². The number of aromatic nitrogens is 2. The molecule has 0 aliphatic carbocycles. The second kappa shape index (κ2) is 23.5. The Morgan fingerprint density at radius 1 is 0.248 bits per heavy atom. The Morgan fingerprint density at radius 3 is 1.09 bits per heavy atom. The van der Waals surface area contributed by atoms with Gasteiger partial charge in [0.1, 0.15) is 0 Å². The first-order valence-electron chi connectivity index (χ1n) is 35.8.